The first kappa shape index (κ1) is 16.0. The zero-order chi connectivity index (χ0) is 15.2. The molecule has 0 atom stereocenters. The molecular weight excluding hydrogens is 352 g/mol. The van der Waals surface area contributed by atoms with Crippen molar-refractivity contribution in [1.82, 2.24) is 19.9 Å². The van der Waals surface area contributed by atoms with E-state index >= 15 is 0 Å². The van der Waals surface area contributed by atoms with Crippen LogP contribution in [0.1, 0.15) is 13.8 Å². The molecule has 0 saturated carbocycles. The third-order valence-corrected chi connectivity index (χ3v) is 4.05. The van der Waals surface area contributed by atoms with Crippen LogP contribution in [0.15, 0.2) is 33.0 Å². The molecule has 2 aromatic rings. The van der Waals surface area contributed by atoms with Gasteiger partial charge in [-0.05, 0) is 53.7 Å². The molecule has 0 aliphatic carbocycles. The van der Waals surface area contributed by atoms with Crippen LogP contribution in [0.2, 0.25) is 0 Å². The fourth-order valence-electron chi connectivity index (χ4n) is 1.67. The molecule has 0 amide bonds. The predicted molar refractivity (Wildman–Crippen MR) is 89.0 cm³/mol. The lowest BCUT2D eigenvalue weighted by atomic mass is 10.5. The first-order valence-corrected chi connectivity index (χ1v) is 8.25. The third-order valence-electron chi connectivity index (χ3n) is 2.77. The fraction of sp³-hybridized carbons (Fsp3) is 0.385. The smallest absolute Gasteiger partial charge is 0.231 e. The van der Waals surface area contributed by atoms with Gasteiger partial charge < -0.3 is 10.2 Å². The second-order valence-corrected chi connectivity index (χ2v) is 5.98. The van der Waals surface area contributed by atoms with E-state index in [4.69, 9.17) is 0 Å². The van der Waals surface area contributed by atoms with Crippen molar-refractivity contribution in [3.05, 3.63) is 22.8 Å². The summed E-state index contributed by atoms with van der Waals surface area (Å²) in [5.74, 6) is 1.24. The molecule has 0 aliphatic rings. The molecule has 0 aromatic carbocycles. The maximum atomic E-state index is 4.52. The van der Waals surface area contributed by atoms with E-state index < -0.39 is 0 Å². The Labute approximate surface area is 136 Å². The lowest BCUT2D eigenvalue weighted by Crippen LogP contribution is -2.25. The highest BCUT2D eigenvalue weighted by molar-refractivity contribution is 9.10. The van der Waals surface area contributed by atoms with E-state index in [0.29, 0.717) is 17.1 Å². The Morgan fingerprint density at radius 2 is 1.95 bits per heavy atom. The molecule has 0 unspecified atom stereocenters. The van der Waals surface area contributed by atoms with Gasteiger partial charge >= 0.3 is 0 Å². The number of hydrogen-bond donors (Lipinski definition) is 1. The van der Waals surface area contributed by atoms with Crippen molar-refractivity contribution in [2.75, 3.05) is 30.4 Å². The number of hydrogen-bond acceptors (Lipinski definition) is 7. The minimum Gasteiger partial charge on any atom is -0.357 e. The van der Waals surface area contributed by atoms with Gasteiger partial charge in [0.05, 0.1) is 0 Å². The highest BCUT2D eigenvalue weighted by Crippen LogP contribution is 2.25. The number of aromatic nitrogens is 4. The Bertz CT molecular complexity index is 588. The summed E-state index contributed by atoms with van der Waals surface area (Å²) in [6.45, 7) is 5.86. The minimum absolute atomic E-state index is 0.562. The molecule has 8 heteroatoms. The van der Waals surface area contributed by atoms with Crippen LogP contribution in [0.5, 0.6) is 0 Å². The normalized spacial score (nSPS) is 10.5. The molecule has 0 spiro atoms. The standard InChI is InChI=1S/C13H17BrN6S/c1-4-20(5-2)12-17-11(15-3)18-13(19-12)21-10-7-6-9(14)8-16-10/h6-8H,4-5H2,1-3H3,(H,15,17,18,19). The Morgan fingerprint density at radius 1 is 1.19 bits per heavy atom. The summed E-state index contributed by atoms with van der Waals surface area (Å²) in [5, 5.41) is 4.45. The van der Waals surface area contributed by atoms with Crippen molar-refractivity contribution in [2.24, 2.45) is 0 Å². The van der Waals surface area contributed by atoms with Crippen LogP contribution in [-0.4, -0.2) is 40.1 Å². The predicted octanol–water partition coefficient (Wildman–Crippen LogP) is 3.07. The number of anilines is 2. The monoisotopic (exact) mass is 368 g/mol. The quantitative estimate of drug-likeness (QED) is 0.839. The minimum atomic E-state index is 0.562. The molecule has 0 saturated heterocycles. The summed E-state index contributed by atoms with van der Waals surface area (Å²) in [4.78, 5) is 19.7. The summed E-state index contributed by atoms with van der Waals surface area (Å²) in [6.07, 6.45) is 1.76. The van der Waals surface area contributed by atoms with Crippen molar-refractivity contribution in [2.45, 2.75) is 24.0 Å². The second kappa shape index (κ2) is 7.56. The highest BCUT2D eigenvalue weighted by Gasteiger charge is 2.12. The van der Waals surface area contributed by atoms with Crippen molar-refractivity contribution < 1.29 is 0 Å². The molecule has 0 fully saturated rings. The molecule has 1 N–H and O–H groups in total. The van der Waals surface area contributed by atoms with E-state index in [-0.39, 0.29) is 0 Å². The lowest BCUT2D eigenvalue weighted by molar-refractivity contribution is 0.784. The second-order valence-electron chi connectivity index (χ2n) is 4.08. The van der Waals surface area contributed by atoms with Gasteiger partial charge in [-0.3, -0.25) is 0 Å². The SMILES string of the molecule is CCN(CC)c1nc(NC)nc(Sc2ccc(Br)cn2)n1. The van der Waals surface area contributed by atoms with E-state index in [9.17, 15) is 0 Å². The number of rotatable bonds is 6. The van der Waals surface area contributed by atoms with Crippen LogP contribution in [0.3, 0.4) is 0 Å². The molecule has 0 aliphatic heterocycles. The first-order valence-electron chi connectivity index (χ1n) is 6.64. The van der Waals surface area contributed by atoms with Crippen molar-refractivity contribution in [3.8, 4) is 0 Å². The van der Waals surface area contributed by atoms with Gasteiger partial charge in [0.1, 0.15) is 5.03 Å². The third kappa shape index (κ3) is 4.28. The van der Waals surface area contributed by atoms with E-state index in [1.807, 2.05) is 12.1 Å². The fourth-order valence-corrected chi connectivity index (χ4v) is 2.59. The van der Waals surface area contributed by atoms with E-state index in [1.54, 1.807) is 13.2 Å². The highest BCUT2D eigenvalue weighted by atomic mass is 79.9. The Hall–Kier alpha value is -1.41. The lowest BCUT2D eigenvalue weighted by Gasteiger charge is -2.19. The molecule has 112 valence electrons. The number of nitrogens with zero attached hydrogens (tertiary/aromatic N) is 5. The molecule has 2 aromatic heterocycles. The molecule has 2 heterocycles. The average Bonchev–Trinajstić information content (AvgIpc) is 2.50. The molecular formula is C13H17BrN6S. The zero-order valence-electron chi connectivity index (χ0n) is 12.2. The maximum absolute atomic E-state index is 4.52. The topological polar surface area (TPSA) is 66.8 Å². The molecule has 6 nitrogen and oxygen atoms in total. The van der Waals surface area contributed by atoms with Gasteiger partial charge in [0.25, 0.3) is 0 Å². The van der Waals surface area contributed by atoms with E-state index in [2.05, 4.69) is 59.9 Å². The Balaban J connectivity index is 2.29. The number of pyridine rings is 1. The molecule has 0 radical (unpaired) electrons. The summed E-state index contributed by atoms with van der Waals surface area (Å²) < 4.78 is 0.947. The summed E-state index contributed by atoms with van der Waals surface area (Å²) in [7, 11) is 1.80. The van der Waals surface area contributed by atoms with Gasteiger partial charge in [0.2, 0.25) is 17.1 Å². The van der Waals surface area contributed by atoms with Crippen LogP contribution in [0, 0.1) is 0 Å². The average molecular weight is 369 g/mol. The number of halogens is 1. The van der Waals surface area contributed by atoms with Crippen LogP contribution < -0.4 is 10.2 Å². The largest absolute Gasteiger partial charge is 0.357 e. The van der Waals surface area contributed by atoms with E-state index in [1.165, 1.54) is 11.8 Å². The number of nitrogens with one attached hydrogen (secondary N) is 1. The van der Waals surface area contributed by atoms with Gasteiger partial charge in [-0.1, -0.05) is 0 Å². The maximum Gasteiger partial charge on any atom is 0.231 e. The van der Waals surface area contributed by atoms with Gasteiger partial charge in [0.15, 0.2) is 0 Å². The van der Waals surface area contributed by atoms with Gasteiger partial charge in [0, 0.05) is 30.8 Å². The van der Waals surface area contributed by atoms with Crippen LogP contribution >= 0.6 is 27.7 Å². The first-order chi connectivity index (χ1) is 10.2. The van der Waals surface area contributed by atoms with Crippen molar-refractivity contribution in [3.63, 3.8) is 0 Å². The Kier molecular flexibility index (Phi) is 5.75. The zero-order valence-corrected chi connectivity index (χ0v) is 14.6. The summed E-state index contributed by atoms with van der Waals surface area (Å²) in [5.41, 5.74) is 0. The molecule has 0 bridgehead atoms. The molecule has 2 rings (SSSR count). The van der Waals surface area contributed by atoms with Gasteiger partial charge in [-0.25, -0.2) is 4.98 Å². The van der Waals surface area contributed by atoms with Crippen LogP contribution in [0.25, 0.3) is 0 Å². The summed E-state index contributed by atoms with van der Waals surface area (Å²) in [6, 6.07) is 3.87. The van der Waals surface area contributed by atoms with Crippen LogP contribution in [-0.2, 0) is 0 Å². The van der Waals surface area contributed by atoms with Crippen molar-refractivity contribution in [1.29, 1.82) is 0 Å². The summed E-state index contributed by atoms with van der Waals surface area (Å²) >= 11 is 4.79. The molecule has 21 heavy (non-hydrogen) atoms. The van der Waals surface area contributed by atoms with E-state index in [0.717, 1.165) is 22.6 Å². The van der Waals surface area contributed by atoms with Gasteiger partial charge in [-0.2, -0.15) is 15.0 Å². The Morgan fingerprint density at radius 3 is 2.52 bits per heavy atom. The van der Waals surface area contributed by atoms with Crippen LogP contribution in [0.4, 0.5) is 11.9 Å². The van der Waals surface area contributed by atoms with Gasteiger partial charge in [-0.15, -0.1) is 0 Å². The van der Waals surface area contributed by atoms with Crippen molar-refractivity contribution >= 4 is 39.6 Å².